The molecule has 0 aliphatic heterocycles. The van der Waals surface area contributed by atoms with Crippen LogP contribution in [0.3, 0.4) is 0 Å². The monoisotopic (exact) mass is 485 g/mol. The standard InChI is InChI=1S/C18H29ClFN3O.HI/c1-18(2,15-9-8-14(20)12-16(15)19)13-23-17(21-3)22-10-6-5-7-11-24-4;/h8-9,12H,5-7,10-11,13H2,1-4H3,(H2,21,22,23);1H. The van der Waals surface area contributed by atoms with Crippen molar-refractivity contribution in [3.63, 3.8) is 0 Å². The van der Waals surface area contributed by atoms with Crippen LogP contribution in [0.5, 0.6) is 0 Å². The fourth-order valence-electron chi connectivity index (χ4n) is 2.41. The topological polar surface area (TPSA) is 45.7 Å². The van der Waals surface area contributed by atoms with Crippen LogP contribution in [0, 0.1) is 5.82 Å². The molecule has 1 aromatic rings. The lowest BCUT2D eigenvalue weighted by molar-refractivity contribution is 0.192. The van der Waals surface area contributed by atoms with Crippen molar-refractivity contribution in [2.75, 3.05) is 33.9 Å². The maximum absolute atomic E-state index is 13.2. The first-order valence-corrected chi connectivity index (χ1v) is 8.67. The number of aliphatic imine (C=N–C) groups is 1. The number of nitrogens with one attached hydrogen (secondary N) is 2. The second-order valence-electron chi connectivity index (χ2n) is 6.41. The molecule has 0 spiro atoms. The van der Waals surface area contributed by atoms with E-state index in [4.69, 9.17) is 16.3 Å². The first kappa shape index (κ1) is 24.4. The van der Waals surface area contributed by atoms with E-state index in [1.54, 1.807) is 20.2 Å². The number of rotatable bonds is 9. The normalized spacial score (nSPS) is 11.8. The number of guanidine groups is 1. The highest BCUT2D eigenvalue weighted by Crippen LogP contribution is 2.29. The van der Waals surface area contributed by atoms with Gasteiger partial charge in [-0.15, -0.1) is 24.0 Å². The van der Waals surface area contributed by atoms with Crippen LogP contribution < -0.4 is 10.6 Å². The molecule has 0 heterocycles. The third kappa shape index (κ3) is 9.06. The van der Waals surface area contributed by atoms with Gasteiger partial charge in [-0.05, 0) is 37.0 Å². The third-order valence-corrected chi connectivity index (χ3v) is 4.21. The summed E-state index contributed by atoms with van der Waals surface area (Å²) < 4.78 is 18.3. The maximum atomic E-state index is 13.2. The highest BCUT2D eigenvalue weighted by Gasteiger charge is 2.23. The van der Waals surface area contributed by atoms with Gasteiger partial charge in [0.25, 0.3) is 0 Å². The molecule has 2 N–H and O–H groups in total. The minimum atomic E-state index is -0.321. The minimum Gasteiger partial charge on any atom is -0.385 e. The second-order valence-corrected chi connectivity index (χ2v) is 6.82. The molecule has 0 bridgehead atoms. The van der Waals surface area contributed by atoms with Crippen molar-refractivity contribution in [1.29, 1.82) is 0 Å². The Morgan fingerprint density at radius 1 is 1.24 bits per heavy atom. The molecule has 0 saturated carbocycles. The van der Waals surface area contributed by atoms with Gasteiger partial charge in [0.05, 0.1) is 0 Å². The zero-order valence-electron chi connectivity index (χ0n) is 15.5. The van der Waals surface area contributed by atoms with Crippen LogP contribution in [0.2, 0.25) is 5.02 Å². The Morgan fingerprint density at radius 2 is 1.96 bits per heavy atom. The Hall–Kier alpha value is -0.600. The summed E-state index contributed by atoms with van der Waals surface area (Å²) in [6.45, 7) is 6.44. The maximum Gasteiger partial charge on any atom is 0.191 e. The van der Waals surface area contributed by atoms with Gasteiger partial charge in [-0.3, -0.25) is 4.99 Å². The molecule has 25 heavy (non-hydrogen) atoms. The van der Waals surface area contributed by atoms with Crippen LogP contribution in [-0.2, 0) is 10.2 Å². The van der Waals surface area contributed by atoms with E-state index in [0.29, 0.717) is 11.6 Å². The largest absolute Gasteiger partial charge is 0.385 e. The second kappa shape index (κ2) is 12.7. The van der Waals surface area contributed by atoms with Crippen LogP contribution in [-0.4, -0.2) is 39.8 Å². The Bertz CT molecular complexity index is 541. The number of methoxy groups -OCH3 is 1. The molecular weight excluding hydrogens is 456 g/mol. The Morgan fingerprint density at radius 3 is 2.56 bits per heavy atom. The van der Waals surface area contributed by atoms with E-state index in [9.17, 15) is 4.39 Å². The van der Waals surface area contributed by atoms with Crippen LogP contribution in [0.25, 0.3) is 0 Å². The van der Waals surface area contributed by atoms with Gasteiger partial charge in [-0.1, -0.05) is 31.5 Å². The van der Waals surface area contributed by atoms with Gasteiger partial charge in [-0.2, -0.15) is 0 Å². The summed E-state index contributed by atoms with van der Waals surface area (Å²) in [5.74, 6) is 0.437. The highest BCUT2D eigenvalue weighted by atomic mass is 127. The number of unbranched alkanes of at least 4 members (excludes halogenated alkanes) is 2. The van der Waals surface area contributed by atoms with Gasteiger partial charge < -0.3 is 15.4 Å². The summed E-state index contributed by atoms with van der Waals surface area (Å²) in [7, 11) is 3.47. The Balaban J connectivity index is 0.00000576. The number of halogens is 3. The number of nitrogens with zero attached hydrogens (tertiary/aromatic N) is 1. The first-order chi connectivity index (χ1) is 11.4. The molecule has 0 aromatic heterocycles. The number of hydrogen-bond acceptors (Lipinski definition) is 2. The summed E-state index contributed by atoms with van der Waals surface area (Å²) in [6, 6.07) is 4.53. The van der Waals surface area contributed by atoms with E-state index in [2.05, 4.69) is 29.5 Å². The van der Waals surface area contributed by atoms with Gasteiger partial charge in [-0.25, -0.2) is 4.39 Å². The van der Waals surface area contributed by atoms with Gasteiger partial charge in [0.1, 0.15) is 5.82 Å². The van der Waals surface area contributed by atoms with Crippen molar-refractivity contribution in [2.24, 2.45) is 4.99 Å². The SMILES string of the molecule is CN=C(NCCCCCOC)NCC(C)(C)c1ccc(F)cc1Cl.I. The third-order valence-electron chi connectivity index (χ3n) is 3.90. The average Bonchev–Trinajstić information content (AvgIpc) is 2.53. The van der Waals surface area contributed by atoms with E-state index in [1.165, 1.54) is 12.1 Å². The van der Waals surface area contributed by atoms with Crippen LogP contribution in [0.15, 0.2) is 23.2 Å². The van der Waals surface area contributed by atoms with E-state index in [0.717, 1.165) is 43.9 Å². The first-order valence-electron chi connectivity index (χ1n) is 8.29. The average molecular weight is 486 g/mol. The van der Waals surface area contributed by atoms with Crippen molar-refractivity contribution >= 4 is 41.5 Å². The minimum absolute atomic E-state index is 0. The van der Waals surface area contributed by atoms with Crippen molar-refractivity contribution < 1.29 is 9.13 Å². The zero-order valence-corrected chi connectivity index (χ0v) is 18.6. The smallest absolute Gasteiger partial charge is 0.191 e. The van der Waals surface area contributed by atoms with Gasteiger partial charge in [0.2, 0.25) is 0 Å². The molecule has 0 unspecified atom stereocenters. The predicted octanol–water partition coefficient (Wildman–Crippen LogP) is 4.36. The van der Waals surface area contributed by atoms with Crippen molar-refractivity contribution in [3.05, 3.63) is 34.6 Å². The molecule has 4 nitrogen and oxygen atoms in total. The number of hydrogen-bond donors (Lipinski definition) is 2. The van der Waals surface area contributed by atoms with Crippen molar-refractivity contribution in [2.45, 2.75) is 38.5 Å². The van der Waals surface area contributed by atoms with Crippen LogP contribution in [0.1, 0.15) is 38.7 Å². The van der Waals surface area contributed by atoms with E-state index >= 15 is 0 Å². The molecule has 7 heteroatoms. The van der Waals surface area contributed by atoms with E-state index in [-0.39, 0.29) is 35.2 Å². The number of benzene rings is 1. The predicted molar refractivity (Wildman–Crippen MR) is 115 cm³/mol. The van der Waals surface area contributed by atoms with Crippen molar-refractivity contribution in [1.82, 2.24) is 10.6 Å². The van der Waals surface area contributed by atoms with Crippen LogP contribution >= 0.6 is 35.6 Å². The summed E-state index contributed by atoms with van der Waals surface area (Å²) in [5.41, 5.74) is 0.661. The van der Waals surface area contributed by atoms with E-state index in [1.807, 2.05) is 0 Å². The Labute approximate surface area is 173 Å². The van der Waals surface area contributed by atoms with Gasteiger partial charge in [0.15, 0.2) is 5.96 Å². The molecule has 0 atom stereocenters. The summed E-state index contributed by atoms with van der Waals surface area (Å²) in [5, 5.41) is 7.06. The molecule has 0 saturated heterocycles. The Kier molecular flexibility index (Phi) is 12.4. The fourth-order valence-corrected chi connectivity index (χ4v) is 2.84. The van der Waals surface area contributed by atoms with Crippen LogP contribution in [0.4, 0.5) is 4.39 Å². The molecular formula is C18H30ClFIN3O. The van der Waals surface area contributed by atoms with Gasteiger partial charge in [0, 0.05) is 44.3 Å². The van der Waals surface area contributed by atoms with Crippen molar-refractivity contribution in [3.8, 4) is 0 Å². The molecule has 0 aliphatic rings. The lowest BCUT2D eigenvalue weighted by Crippen LogP contribution is -2.43. The highest BCUT2D eigenvalue weighted by molar-refractivity contribution is 14.0. The molecule has 144 valence electrons. The fraction of sp³-hybridized carbons (Fsp3) is 0.611. The summed E-state index contributed by atoms with van der Waals surface area (Å²) in [6.07, 6.45) is 3.26. The summed E-state index contributed by atoms with van der Waals surface area (Å²) >= 11 is 6.18. The molecule has 1 rings (SSSR count). The quantitative estimate of drug-likeness (QED) is 0.236. The molecule has 0 aliphatic carbocycles. The van der Waals surface area contributed by atoms with E-state index < -0.39 is 0 Å². The zero-order chi connectivity index (χ0) is 18.0. The lowest BCUT2D eigenvalue weighted by atomic mass is 9.84. The molecule has 0 amide bonds. The lowest BCUT2D eigenvalue weighted by Gasteiger charge is -2.27. The molecule has 0 fully saturated rings. The van der Waals surface area contributed by atoms with Gasteiger partial charge >= 0.3 is 0 Å². The summed E-state index contributed by atoms with van der Waals surface area (Å²) in [4.78, 5) is 4.23. The molecule has 1 aromatic carbocycles. The molecule has 0 radical (unpaired) electrons. The number of ether oxygens (including phenoxy) is 1.